The van der Waals surface area contributed by atoms with Gasteiger partial charge < -0.3 is 11.1 Å². The summed E-state index contributed by atoms with van der Waals surface area (Å²) >= 11 is 1.61. The highest BCUT2D eigenvalue weighted by atomic mass is 32.1. The van der Waals surface area contributed by atoms with Crippen molar-refractivity contribution in [1.82, 2.24) is 4.98 Å². The van der Waals surface area contributed by atoms with E-state index in [9.17, 15) is 4.39 Å². The number of nitrogens with one attached hydrogen (secondary N) is 1. The minimum Gasteiger partial charge on any atom is -0.397 e. The molecule has 0 atom stereocenters. The van der Waals surface area contributed by atoms with Gasteiger partial charge in [0, 0.05) is 24.5 Å². The zero-order valence-corrected chi connectivity index (χ0v) is 9.43. The number of rotatable bonds is 4. The zero-order valence-electron chi connectivity index (χ0n) is 8.61. The first-order valence-electron chi connectivity index (χ1n) is 4.93. The molecule has 1 heterocycles. The molecule has 0 amide bonds. The Balaban J connectivity index is 1.92. The van der Waals surface area contributed by atoms with E-state index in [1.165, 1.54) is 12.1 Å². The van der Waals surface area contributed by atoms with Crippen LogP contribution in [0.1, 0.15) is 5.01 Å². The van der Waals surface area contributed by atoms with Crippen LogP contribution >= 0.6 is 11.3 Å². The van der Waals surface area contributed by atoms with Gasteiger partial charge in [-0.15, -0.1) is 11.3 Å². The summed E-state index contributed by atoms with van der Waals surface area (Å²) in [7, 11) is 0. The molecule has 84 valence electrons. The lowest BCUT2D eigenvalue weighted by molar-refractivity contribution is 0.628. The number of nitrogens with zero attached hydrogens (tertiary/aromatic N) is 1. The van der Waals surface area contributed by atoms with Crippen molar-refractivity contribution in [3.63, 3.8) is 0 Å². The number of nitrogens with two attached hydrogens (primary N) is 1. The Bertz CT molecular complexity index is 456. The number of nitrogen functional groups attached to an aromatic ring is 1. The summed E-state index contributed by atoms with van der Waals surface area (Å²) in [6.07, 6.45) is 2.59. The third-order valence-corrected chi connectivity index (χ3v) is 2.99. The lowest BCUT2D eigenvalue weighted by Crippen LogP contribution is -2.06. The molecule has 0 unspecified atom stereocenters. The average Bonchev–Trinajstić information content (AvgIpc) is 2.76. The molecule has 16 heavy (non-hydrogen) atoms. The minimum atomic E-state index is -0.286. The van der Waals surface area contributed by atoms with E-state index in [-0.39, 0.29) is 5.82 Å². The second-order valence-corrected chi connectivity index (χ2v) is 4.31. The van der Waals surface area contributed by atoms with E-state index in [1.54, 1.807) is 23.6 Å². The first-order chi connectivity index (χ1) is 7.75. The van der Waals surface area contributed by atoms with Gasteiger partial charge in [-0.3, -0.25) is 0 Å². The van der Waals surface area contributed by atoms with Crippen LogP contribution in [-0.4, -0.2) is 11.5 Å². The van der Waals surface area contributed by atoms with Gasteiger partial charge in [-0.25, -0.2) is 9.37 Å². The monoisotopic (exact) mass is 237 g/mol. The van der Waals surface area contributed by atoms with Crippen molar-refractivity contribution >= 4 is 22.7 Å². The van der Waals surface area contributed by atoms with Crippen LogP contribution in [0, 0.1) is 5.82 Å². The Labute approximate surface area is 97.1 Å². The first-order valence-corrected chi connectivity index (χ1v) is 5.81. The number of benzene rings is 1. The van der Waals surface area contributed by atoms with E-state index in [2.05, 4.69) is 10.3 Å². The number of thiazole rings is 1. The molecular formula is C11H12FN3S. The largest absolute Gasteiger partial charge is 0.397 e. The topological polar surface area (TPSA) is 50.9 Å². The fourth-order valence-corrected chi connectivity index (χ4v) is 1.98. The number of hydrogen-bond donors (Lipinski definition) is 2. The number of aromatic nitrogens is 1. The van der Waals surface area contributed by atoms with Crippen LogP contribution in [0.5, 0.6) is 0 Å². The Hall–Kier alpha value is -1.62. The predicted molar refractivity (Wildman–Crippen MR) is 65.1 cm³/mol. The first kappa shape index (κ1) is 10.9. The molecule has 0 aliphatic heterocycles. The normalized spacial score (nSPS) is 10.3. The van der Waals surface area contributed by atoms with Crippen LogP contribution in [-0.2, 0) is 6.42 Å². The van der Waals surface area contributed by atoms with Crippen LogP contribution in [0.3, 0.4) is 0 Å². The molecule has 2 aromatic rings. The fourth-order valence-electron chi connectivity index (χ4n) is 1.36. The second kappa shape index (κ2) is 4.94. The van der Waals surface area contributed by atoms with Gasteiger partial charge in [0.2, 0.25) is 0 Å². The molecule has 0 saturated carbocycles. The Morgan fingerprint density at radius 3 is 3.06 bits per heavy atom. The fraction of sp³-hybridized carbons (Fsp3) is 0.182. The molecular weight excluding hydrogens is 225 g/mol. The summed E-state index contributed by atoms with van der Waals surface area (Å²) < 4.78 is 12.9. The van der Waals surface area contributed by atoms with Gasteiger partial charge in [-0.2, -0.15) is 0 Å². The Morgan fingerprint density at radius 2 is 2.31 bits per heavy atom. The summed E-state index contributed by atoms with van der Waals surface area (Å²) in [6, 6.07) is 4.31. The van der Waals surface area contributed by atoms with Gasteiger partial charge in [0.05, 0.1) is 16.4 Å². The third-order valence-electron chi connectivity index (χ3n) is 2.15. The van der Waals surface area contributed by atoms with Crippen LogP contribution in [0.4, 0.5) is 15.8 Å². The Kier molecular flexibility index (Phi) is 3.36. The van der Waals surface area contributed by atoms with Crippen molar-refractivity contribution < 1.29 is 4.39 Å². The van der Waals surface area contributed by atoms with Gasteiger partial charge >= 0.3 is 0 Å². The molecule has 0 saturated heterocycles. The van der Waals surface area contributed by atoms with Crippen molar-refractivity contribution in [2.24, 2.45) is 0 Å². The van der Waals surface area contributed by atoms with Crippen LogP contribution < -0.4 is 11.1 Å². The van der Waals surface area contributed by atoms with E-state index in [0.29, 0.717) is 17.9 Å². The van der Waals surface area contributed by atoms with Crippen LogP contribution in [0.2, 0.25) is 0 Å². The van der Waals surface area contributed by atoms with Crippen molar-refractivity contribution in [1.29, 1.82) is 0 Å². The van der Waals surface area contributed by atoms with E-state index in [1.807, 2.05) is 5.38 Å². The van der Waals surface area contributed by atoms with Gasteiger partial charge in [0.25, 0.3) is 0 Å². The summed E-state index contributed by atoms with van der Waals surface area (Å²) in [4.78, 5) is 4.16. The molecule has 0 spiro atoms. The minimum absolute atomic E-state index is 0.286. The molecule has 3 nitrogen and oxygen atoms in total. The summed E-state index contributed by atoms with van der Waals surface area (Å²) in [6.45, 7) is 0.696. The quantitative estimate of drug-likeness (QED) is 0.803. The molecule has 0 bridgehead atoms. The Morgan fingerprint density at radius 1 is 1.44 bits per heavy atom. The molecule has 5 heteroatoms. The number of anilines is 2. The van der Waals surface area contributed by atoms with Crippen molar-refractivity contribution in [3.8, 4) is 0 Å². The summed E-state index contributed by atoms with van der Waals surface area (Å²) in [5.74, 6) is -0.286. The smallest absolute Gasteiger partial charge is 0.125 e. The maximum Gasteiger partial charge on any atom is 0.125 e. The molecule has 1 aromatic carbocycles. The highest BCUT2D eigenvalue weighted by Crippen LogP contribution is 2.19. The zero-order chi connectivity index (χ0) is 11.4. The molecule has 0 aliphatic rings. The molecule has 0 aliphatic carbocycles. The van der Waals surface area contributed by atoms with Crippen molar-refractivity contribution in [2.45, 2.75) is 6.42 Å². The summed E-state index contributed by atoms with van der Waals surface area (Å²) in [5, 5.41) is 6.09. The van der Waals surface area contributed by atoms with Gasteiger partial charge in [-0.05, 0) is 18.2 Å². The molecule has 1 aromatic heterocycles. The highest BCUT2D eigenvalue weighted by molar-refractivity contribution is 7.09. The highest BCUT2D eigenvalue weighted by Gasteiger charge is 2.01. The molecule has 3 N–H and O–H groups in total. The van der Waals surface area contributed by atoms with Crippen molar-refractivity contribution in [2.75, 3.05) is 17.6 Å². The lowest BCUT2D eigenvalue weighted by Gasteiger charge is -2.08. The molecule has 0 radical (unpaired) electrons. The van der Waals surface area contributed by atoms with E-state index in [0.717, 1.165) is 11.4 Å². The maximum absolute atomic E-state index is 12.9. The molecule has 2 rings (SSSR count). The second-order valence-electron chi connectivity index (χ2n) is 3.33. The summed E-state index contributed by atoms with van der Waals surface area (Å²) in [5.41, 5.74) is 6.90. The van der Waals surface area contributed by atoms with E-state index < -0.39 is 0 Å². The standard InChI is InChI=1S/C11H12FN3S/c12-8-1-2-9(13)10(7-8)14-4-3-11-15-5-6-16-11/h1-2,5-7,14H,3-4,13H2. The van der Waals surface area contributed by atoms with Gasteiger partial charge in [0.1, 0.15) is 5.82 Å². The SMILES string of the molecule is Nc1ccc(F)cc1NCCc1nccs1. The maximum atomic E-state index is 12.9. The van der Waals surface area contributed by atoms with Gasteiger partial charge in [-0.1, -0.05) is 0 Å². The number of halogens is 1. The van der Waals surface area contributed by atoms with Gasteiger partial charge in [0.15, 0.2) is 0 Å². The van der Waals surface area contributed by atoms with E-state index in [4.69, 9.17) is 5.73 Å². The van der Waals surface area contributed by atoms with Crippen LogP contribution in [0.25, 0.3) is 0 Å². The number of hydrogen-bond acceptors (Lipinski definition) is 4. The lowest BCUT2D eigenvalue weighted by atomic mass is 10.2. The molecule has 0 fully saturated rings. The van der Waals surface area contributed by atoms with E-state index >= 15 is 0 Å². The van der Waals surface area contributed by atoms with Crippen LogP contribution in [0.15, 0.2) is 29.8 Å². The van der Waals surface area contributed by atoms with Crippen molar-refractivity contribution in [3.05, 3.63) is 40.6 Å². The predicted octanol–water partition coefficient (Wildman–Crippen LogP) is 2.52. The third kappa shape index (κ3) is 2.70. The average molecular weight is 237 g/mol.